The van der Waals surface area contributed by atoms with Crippen molar-refractivity contribution in [3.05, 3.63) is 30.1 Å². The standard InChI is InChI=1S/C19H26FN3O4/c1-19(2,3)27-18(25)22-8-7-15(10-22)23-11-16(12-23)26-17(24)21-14-6-4-5-13(20)9-14/h4-6,9,15-16H,7-8,10-12H2,1-3H3,(H,21,24)/t15-/m0/s1. The number of nitrogens with zero attached hydrogens (tertiary/aromatic N) is 2. The lowest BCUT2D eigenvalue weighted by molar-refractivity contribution is -0.0293. The van der Waals surface area contributed by atoms with Crippen molar-refractivity contribution in [1.29, 1.82) is 0 Å². The Morgan fingerprint density at radius 1 is 1.22 bits per heavy atom. The number of hydrogen-bond donors (Lipinski definition) is 1. The van der Waals surface area contributed by atoms with Crippen LogP contribution in [0.3, 0.4) is 0 Å². The maximum atomic E-state index is 13.1. The van der Waals surface area contributed by atoms with Crippen LogP contribution in [0.2, 0.25) is 0 Å². The van der Waals surface area contributed by atoms with Crippen LogP contribution in [0.5, 0.6) is 0 Å². The number of carbonyl (C=O) groups excluding carboxylic acids is 2. The Labute approximate surface area is 158 Å². The molecule has 27 heavy (non-hydrogen) atoms. The number of benzene rings is 1. The third kappa shape index (κ3) is 5.32. The molecule has 1 aromatic carbocycles. The minimum atomic E-state index is -0.591. The van der Waals surface area contributed by atoms with Crippen molar-refractivity contribution in [2.75, 3.05) is 31.5 Å². The molecule has 0 aromatic heterocycles. The molecule has 2 aliphatic rings. The number of hydrogen-bond acceptors (Lipinski definition) is 5. The molecule has 7 nitrogen and oxygen atoms in total. The molecule has 1 N–H and O–H groups in total. The number of carbonyl (C=O) groups is 2. The van der Waals surface area contributed by atoms with E-state index in [4.69, 9.17) is 9.47 Å². The van der Waals surface area contributed by atoms with Crippen molar-refractivity contribution in [2.45, 2.75) is 44.9 Å². The highest BCUT2D eigenvalue weighted by atomic mass is 19.1. The van der Waals surface area contributed by atoms with Crippen LogP contribution in [0.1, 0.15) is 27.2 Å². The highest BCUT2D eigenvalue weighted by Gasteiger charge is 2.39. The SMILES string of the molecule is CC(C)(C)OC(=O)N1CC[C@H](N2CC(OC(=O)Nc3cccc(F)c3)C2)C1. The molecule has 0 radical (unpaired) electrons. The van der Waals surface area contributed by atoms with Crippen molar-refractivity contribution in [3.63, 3.8) is 0 Å². The van der Waals surface area contributed by atoms with E-state index in [9.17, 15) is 14.0 Å². The van der Waals surface area contributed by atoms with Gasteiger partial charge in [0.25, 0.3) is 0 Å². The van der Waals surface area contributed by atoms with Crippen LogP contribution in [-0.4, -0.2) is 65.9 Å². The predicted molar refractivity (Wildman–Crippen MR) is 98.1 cm³/mol. The quantitative estimate of drug-likeness (QED) is 0.874. The predicted octanol–water partition coefficient (Wildman–Crippen LogP) is 3.07. The van der Waals surface area contributed by atoms with Crippen LogP contribution in [0.15, 0.2) is 24.3 Å². The van der Waals surface area contributed by atoms with Crippen molar-refractivity contribution in [3.8, 4) is 0 Å². The van der Waals surface area contributed by atoms with Crippen LogP contribution < -0.4 is 5.32 Å². The lowest BCUT2D eigenvalue weighted by atomic mass is 10.1. The first-order valence-corrected chi connectivity index (χ1v) is 9.15. The second kappa shape index (κ2) is 7.72. The molecular weight excluding hydrogens is 353 g/mol. The highest BCUT2D eigenvalue weighted by Crippen LogP contribution is 2.24. The van der Waals surface area contributed by atoms with Crippen LogP contribution in [0, 0.1) is 5.82 Å². The lowest BCUT2D eigenvalue weighted by Crippen LogP contribution is -2.58. The Hall–Kier alpha value is -2.35. The molecule has 0 aliphatic carbocycles. The maximum Gasteiger partial charge on any atom is 0.411 e. The monoisotopic (exact) mass is 379 g/mol. The van der Waals surface area contributed by atoms with Gasteiger partial charge in [0.2, 0.25) is 0 Å². The molecule has 2 fully saturated rings. The number of ether oxygens (including phenoxy) is 2. The summed E-state index contributed by atoms with van der Waals surface area (Å²) in [5, 5.41) is 2.52. The fourth-order valence-electron chi connectivity index (χ4n) is 3.24. The van der Waals surface area contributed by atoms with E-state index in [0.29, 0.717) is 31.9 Å². The van der Waals surface area contributed by atoms with Crippen LogP contribution in [0.4, 0.5) is 19.7 Å². The second-order valence-electron chi connectivity index (χ2n) is 7.99. The molecule has 1 atom stereocenters. The molecule has 8 heteroatoms. The summed E-state index contributed by atoms with van der Waals surface area (Å²) >= 11 is 0. The summed E-state index contributed by atoms with van der Waals surface area (Å²) in [6.45, 7) is 8.10. The Morgan fingerprint density at radius 3 is 2.63 bits per heavy atom. The average Bonchev–Trinajstić information content (AvgIpc) is 2.98. The summed E-state index contributed by atoms with van der Waals surface area (Å²) in [7, 11) is 0. The van der Waals surface area contributed by atoms with Crippen molar-refractivity contribution in [1.82, 2.24) is 9.80 Å². The fraction of sp³-hybridized carbons (Fsp3) is 0.579. The van der Waals surface area contributed by atoms with Crippen molar-refractivity contribution >= 4 is 17.9 Å². The molecule has 1 aromatic rings. The maximum absolute atomic E-state index is 13.1. The number of amides is 2. The normalized spacial score (nSPS) is 20.9. The summed E-state index contributed by atoms with van der Waals surface area (Å²) in [4.78, 5) is 27.9. The van der Waals surface area contributed by atoms with E-state index < -0.39 is 17.5 Å². The first kappa shape index (κ1) is 19.4. The van der Waals surface area contributed by atoms with Gasteiger partial charge in [-0.2, -0.15) is 0 Å². The molecule has 0 saturated carbocycles. The smallest absolute Gasteiger partial charge is 0.411 e. The summed E-state index contributed by atoms with van der Waals surface area (Å²) in [5.74, 6) is -0.418. The Kier molecular flexibility index (Phi) is 5.55. The van der Waals surface area contributed by atoms with Crippen LogP contribution >= 0.6 is 0 Å². The Balaban J connectivity index is 1.38. The van der Waals surface area contributed by atoms with Gasteiger partial charge in [0.15, 0.2) is 0 Å². The van der Waals surface area contributed by atoms with Gasteiger partial charge in [0.05, 0.1) is 0 Å². The van der Waals surface area contributed by atoms with Gasteiger partial charge in [0, 0.05) is 37.9 Å². The summed E-state index contributed by atoms with van der Waals surface area (Å²) in [5.41, 5.74) is -0.139. The molecule has 148 valence electrons. The van der Waals surface area contributed by atoms with E-state index in [1.54, 1.807) is 11.0 Å². The Morgan fingerprint density at radius 2 is 1.96 bits per heavy atom. The summed E-state index contributed by atoms with van der Waals surface area (Å²) in [6, 6.07) is 5.91. The van der Waals surface area contributed by atoms with Gasteiger partial charge in [-0.3, -0.25) is 10.2 Å². The van der Waals surface area contributed by atoms with Crippen molar-refractivity contribution < 1.29 is 23.5 Å². The lowest BCUT2D eigenvalue weighted by Gasteiger charge is -2.42. The molecule has 2 saturated heterocycles. The van der Waals surface area contributed by atoms with Gasteiger partial charge in [-0.1, -0.05) is 6.07 Å². The van der Waals surface area contributed by atoms with E-state index >= 15 is 0 Å². The topological polar surface area (TPSA) is 71.1 Å². The summed E-state index contributed by atoms with van der Waals surface area (Å²) < 4.78 is 23.9. The molecule has 2 heterocycles. The molecule has 0 spiro atoms. The molecule has 3 rings (SSSR count). The minimum absolute atomic E-state index is 0.200. The van der Waals surface area contributed by atoms with Crippen molar-refractivity contribution in [2.24, 2.45) is 0 Å². The van der Waals surface area contributed by atoms with E-state index in [1.165, 1.54) is 18.2 Å². The van der Waals surface area contributed by atoms with E-state index in [1.807, 2.05) is 20.8 Å². The second-order valence-corrected chi connectivity index (χ2v) is 7.99. The van der Waals surface area contributed by atoms with Gasteiger partial charge in [-0.05, 0) is 45.4 Å². The van der Waals surface area contributed by atoms with Gasteiger partial charge < -0.3 is 14.4 Å². The van der Waals surface area contributed by atoms with Gasteiger partial charge in [0.1, 0.15) is 17.5 Å². The minimum Gasteiger partial charge on any atom is -0.444 e. The third-order valence-electron chi connectivity index (χ3n) is 4.55. The third-order valence-corrected chi connectivity index (χ3v) is 4.55. The zero-order chi connectivity index (χ0) is 19.6. The van der Waals surface area contributed by atoms with E-state index in [2.05, 4.69) is 10.2 Å². The molecule has 2 aliphatic heterocycles. The van der Waals surface area contributed by atoms with Crippen LogP contribution in [-0.2, 0) is 9.47 Å². The zero-order valence-corrected chi connectivity index (χ0v) is 15.9. The molecule has 2 amide bonds. The largest absolute Gasteiger partial charge is 0.444 e. The van der Waals surface area contributed by atoms with Crippen LogP contribution in [0.25, 0.3) is 0 Å². The Bertz CT molecular complexity index is 700. The molecule has 0 unspecified atom stereocenters. The summed E-state index contributed by atoms with van der Waals surface area (Å²) in [6.07, 6.45) is -0.199. The number of rotatable bonds is 3. The van der Waals surface area contributed by atoms with Gasteiger partial charge >= 0.3 is 12.2 Å². The average molecular weight is 379 g/mol. The fourth-order valence-corrected chi connectivity index (χ4v) is 3.24. The highest BCUT2D eigenvalue weighted by molar-refractivity contribution is 5.84. The van der Waals surface area contributed by atoms with E-state index in [0.717, 1.165) is 6.42 Å². The van der Waals surface area contributed by atoms with Gasteiger partial charge in [-0.15, -0.1) is 0 Å². The number of nitrogens with one attached hydrogen (secondary N) is 1. The zero-order valence-electron chi connectivity index (χ0n) is 15.9. The number of halogens is 1. The number of anilines is 1. The number of likely N-dealkylation sites (tertiary alicyclic amines) is 2. The van der Waals surface area contributed by atoms with Gasteiger partial charge in [-0.25, -0.2) is 14.0 Å². The molecular formula is C19H26FN3O4. The first-order valence-electron chi connectivity index (χ1n) is 9.15. The molecule has 0 bridgehead atoms. The van der Waals surface area contributed by atoms with E-state index in [-0.39, 0.29) is 18.2 Å². The first-order chi connectivity index (χ1) is 12.7.